The quantitative estimate of drug-likeness (QED) is 0.483. The molecule has 0 unspecified atom stereocenters. The molecular formula is C21H18N6O. The lowest BCUT2D eigenvalue weighted by atomic mass is 10.2. The number of aromatic nitrogens is 6. The zero-order valence-electron chi connectivity index (χ0n) is 15.6. The number of fused-ring (bicyclic) bond motifs is 3. The molecule has 0 aliphatic rings. The van der Waals surface area contributed by atoms with Crippen LogP contribution in [0.3, 0.4) is 0 Å². The van der Waals surface area contributed by atoms with Gasteiger partial charge in [0.2, 0.25) is 0 Å². The molecule has 0 spiro atoms. The van der Waals surface area contributed by atoms with Crippen molar-refractivity contribution in [2.75, 3.05) is 0 Å². The Hall–Kier alpha value is -3.74. The summed E-state index contributed by atoms with van der Waals surface area (Å²) in [6.07, 6.45) is 5.30. The lowest BCUT2D eigenvalue weighted by Gasteiger charge is -2.06. The van der Waals surface area contributed by atoms with Gasteiger partial charge in [-0.3, -0.25) is 9.55 Å². The van der Waals surface area contributed by atoms with E-state index in [1.165, 1.54) is 0 Å². The molecule has 0 saturated heterocycles. The predicted octanol–water partition coefficient (Wildman–Crippen LogP) is 3.66. The van der Waals surface area contributed by atoms with E-state index in [1.54, 1.807) is 17.0 Å². The predicted molar refractivity (Wildman–Crippen MR) is 106 cm³/mol. The SMILES string of the molecule is Cc1c(C)n(-c2cccnc2)c2ncn3nc(COc4ccccc4)nc3c12. The summed E-state index contributed by atoms with van der Waals surface area (Å²) >= 11 is 0. The van der Waals surface area contributed by atoms with Crippen LogP contribution in [-0.4, -0.2) is 29.1 Å². The first-order valence-corrected chi connectivity index (χ1v) is 9.02. The van der Waals surface area contributed by atoms with Crippen LogP contribution in [0.25, 0.3) is 22.4 Å². The highest BCUT2D eigenvalue weighted by atomic mass is 16.5. The average Bonchev–Trinajstić information content (AvgIpc) is 3.26. The van der Waals surface area contributed by atoms with Gasteiger partial charge in [-0.2, -0.15) is 0 Å². The van der Waals surface area contributed by atoms with E-state index in [1.807, 2.05) is 48.7 Å². The van der Waals surface area contributed by atoms with Crippen LogP contribution >= 0.6 is 0 Å². The molecule has 7 nitrogen and oxygen atoms in total. The maximum absolute atomic E-state index is 5.79. The highest BCUT2D eigenvalue weighted by Crippen LogP contribution is 2.29. The monoisotopic (exact) mass is 370 g/mol. The van der Waals surface area contributed by atoms with Gasteiger partial charge in [0.05, 0.1) is 17.3 Å². The van der Waals surface area contributed by atoms with Crippen molar-refractivity contribution in [1.29, 1.82) is 0 Å². The van der Waals surface area contributed by atoms with Gasteiger partial charge in [-0.15, -0.1) is 5.10 Å². The lowest BCUT2D eigenvalue weighted by molar-refractivity contribution is 0.296. The molecule has 7 heteroatoms. The summed E-state index contributed by atoms with van der Waals surface area (Å²) in [4.78, 5) is 13.6. The molecule has 0 aliphatic carbocycles. The van der Waals surface area contributed by atoms with Crippen LogP contribution in [0.1, 0.15) is 17.1 Å². The summed E-state index contributed by atoms with van der Waals surface area (Å²) in [7, 11) is 0. The fraction of sp³-hybridized carbons (Fsp3) is 0.143. The third kappa shape index (κ3) is 2.60. The molecule has 0 saturated carbocycles. The van der Waals surface area contributed by atoms with E-state index in [0.29, 0.717) is 12.4 Å². The number of ether oxygens (including phenoxy) is 1. The van der Waals surface area contributed by atoms with E-state index < -0.39 is 0 Å². The van der Waals surface area contributed by atoms with Gasteiger partial charge in [0.25, 0.3) is 0 Å². The van der Waals surface area contributed by atoms with Crippen molar-refractivity contribution in [3.8, 4) is 11.4 Å². The Balaban J connectivity index is 1.61. The Labute approximate surface area is 161 Å². The summed E-state index contributed by atoms with van der Waals surface area (Å²) in [5, 5.41) is 5.52. The number of hydrogen-bond donors (Lipinski definition) is 0. The summed E-state index contributed by atoms with van der Waals surface area (Å²) in [6.45, 7) is 4.46. The standard InChI is InChI=1S/C21H18N6O/c1-14-15(2)27(16-7-6-10-22-11-16)20-19(14)21-24-18(25-26(21)13-23-20)12-28-17-8-4-3-5-9-17/h3-11,13H,12H2,1-2H3. The van der Waals surface area contributed by atoms with Crippen molar-refractivity contribution in [3.63, 3.8) is 0 Å². The number of hydrogen-bond acceptors (Lipinski definition) is 5. The average molecular weight is 370 g/mol. The molecule has 1 aromatic carbocycles. The first kappa shape index (κ1) is 16.4. The highest BCUT2D eigenvalue weighted by molar-refractivity contribution is 5.94. The maximum atomic E-state index is 5.79. The number of pyridine rings is 1. The van der Waals surface area contributed by atoms with Gasteiger partial charge in [-0.05, 0) is 43.7 Å². The Morgan fingerprint density at radius 3 is 2.64 bits per heavy atom. The van der Waals surface area contributed by atoms with Gasteiger partial charge in [0, 0.05) is 11.9 Å². The molecule has 28 heavy (non-hydrogen) atoms. The number of benzene rings is 1. The van der Waals surface area contributed by atoms with Gasteiger partial charge in [-0.1, -0.05) is 18.2 Å². The minimum Gasteiger partial charge on any atom is -0.486 e. The van der Waals surface area contributed by atoms with Crippen molar-refractivity contribution in [2.45, 2.75) is 20.5 Å². The molecule has 138 valence electrons. The third-order valence-corrected chi connectivity index (χ3v) is 4.89. The van der Waals surface area contributed by atoms with Gasteiger partial charge in [0.15, 0.2) is 17.1 Å². The molecule has 0 fully saturated rings. The molecule has 5 rings (SSSR count). The number of para-hydroxylation sites is 1. The van der Waals surface area contributed by atoms with Crippen LogP contribution in [0.5, 0.6) is 5.75 Å². The fourth-order valence-corrected chi connectivity index (χ4v) is 3.43. The molecule has 0 amide bonds. The van der Waals surface area contributed by atoms with Crippen LogP contribution < -0.4 is 4.74 Å². The van der Waals surface area contributed by atoms with E-state index >= 15 is 0 Å². The number of nitrogens with zero attached hydrogens (tertiary/aromatic N) is 6. The summed E-state index contributed by atoms with van der Waals surface area (Å²) in [6, 6.07) is 13.6. The molecule has 4 heterocycles. The van der Waals surface area contributed by atoms with E-state index in [-0.39, 0.29) is 0 Å². The Morgan fingerprint density at radius 1 is 1.00 bits per heavy atom. The zero-order chi connectivity index (χ0) is 19.1. The van der Waals surface area contributed by atoms with Gasteiger partial charge >= 0.3 is 0 Å². The Bertz CT molecular complexity index is 1270. The third-order valence-electron chi connectivity index (χ3n) is 4.89. The fourth-order valence-electron chi connectivity index (χ4n) is 3.43. The molecular weight excluding hydrogens is 352 g/mol. The van der Waals surface area contributed by atoms with Crippen molar-refractivity contribution >= 4 is 16.7 Å². The van der Waals surface area contributed by atoms with E-state index in [4.69, 9.17) is 9.72 Å². The minimum absolute atomic E-state index is 0.300. The molecule has 5 aromatic rings. The normalized spacial score (nSPS) is 11.4. The van der Waals surface area contributed by atoms with Crippen molar-refractivity contribution in [3.05, 3.63) is 78.3 Å². The molecule has 0 aliphatic heterocycles. The summed E-state index contributed by atoms with van der Waals surface area (Å²) in [5.41, 5.74) is 4.83. The second-order valence-electron chi connectivity index (χ2n) is 6.60. The largest absolute Gasteiger partial charge is 0.486 e. The Kier molecular flexibility index (Phi) is 3.79. The van der Waals surface area contributed by atoms with Crippen LogP contribution in [0.4, 0.5) is 0 Å². The summed E-state index contributed by atoms with van der Waals surface area (Å²) < 4.78 is 9.61. The Morgan fingerprint density at radius 2 is 1.86 bits per heavy atom. The van der Waals surface area contributed by atoms with Gasteiger partial charge in [-0.25, -0.2) is 14.5 Å². The number of aryl methyl sites for hydroxylation is 1. The molecule has 0 radical (unpaired) electrons. The maximum Gasteiger partial charge on any atom is 0.189 e. The van der Waals surface area contributed by atoms with Crippen LogP contribution in [0.2, 0.25) is 0 Å². The molecule has 0 atom stereocenters. The van der Waals surface area contributed by atoms with Crippen molar-refractivity contribution in [2.24, 2.45) is 0 Å². The van der Waals surface area contributed by atoms with Crippen LogP contribution in [0, 0.1) is 13.8 Å². The highest BCUT2D eigenvalue weighted by Gasteiger charge is 2.19. The molecule has 0 N–H and O–H groups in total. The van der Waals surface area contributed by atoms with Crippen molar-refractivity contribution < 1.29 is 4.74 Å². The summed E-state index contributed by atoms with van der Waals surface area (Å²) in [5.74, 6) is 1.41. The topological polar surface area (TPSA) is 70.1 Å². The minimum atomic E-state index is 0.300. The van der Waals surface area contributed by atoms with Crippen LogP contribution in [-0.2, 0) is 6.61 Å². The smallest absolute Gasteiger partial charge is 0.189 e. The van der Waals surface area contributed by atoms with Crippen molar-refractivity contribution in [1.82, 2.24) is 29.1 Å². The molecule has 0 bridgehead atoms. The second kappa shape index (κ2) is 6.45. The first-order chi connectivity index (χ1) is 13.7. The molecule has 4 aromatic heterocycles. The van der Waals surface area contributed by atoms with Gasteiger partial charge < -0.3 is 4.74 Å². The van der Waals surface area contributed by atoms with E-state index in [0.717, 1.165) is 39.4 Å². The second-order valence-corrected chi connectivity index (χ2v) is 6.60. The van der Waals surface area contributed by atoms with Crippen LogP contribution in [0.15, 0.2) is 61.2 Å². The lowest BCUT2D eigenvalue weighted by Crippen LogP contribution is -1.99. The van der Waals surface area contributed by atoms with Gasteiger partial charge in [0.1, 0.15) is 18.7 Å². The zero-order valence-corrected chi connectivity index (χ0v) is 15.6. The van der Waals surface area contributed by atoms with E-state index in [2.05, 4.69) is 33.5 Å². The van der Waals surface area contributed by atoms with E-state index in [9.17, 15) is 0 Å². The first-order valence-electron chi connectivity index (χ1n) is 9.02. The number of rotatable bonds is 4.